The van der Waals surface area contributed by atoms with Crippen LogP contribution in [0.15, 0.2) is 24.3 Å². The number of nitrogens with one attached hydrogen (secondary N) is 2. The van der Waals surface area contributed by atoms with Crippen LogP contribution in [0.4, 0.5) is 0 Å². The number of nitrogens with zero attached hydrogens (tertiary/aromatic N) is 1. The van der Waals surface area contributed by atoms with E-state index >= 15 is 0 Å². The first-order valence-electron chi connectivity index (χ1n) is 6.99. The van der Waals surface area contributed by atoms with Crippen molar-refractivity contribution in [1.82, 2.24) is 15.5 Å². The van der Waals surface area contributed by atoms with E-state index in [4.69, 9.17) is 0 Å². The third-order valence-electron chi connectivity index (χ3n) is 3.64. The molecular weight excluding hydrogens is 238 g/mol. The van der Waals surface area contributed by atoms with Gasteiger partial charge in [-0.2, -0.15) is 0 Å². The Balaban J connectivity index is 2.07. The van der Waals surface area contributed by atoms with Crippen LogP contribution < -0.4 is 10.6 Å². The molecule has 0 saturated carbocycles. The molecule has 1 heterocycles. The Morgan fingerprint density at radius 3 is 3.00 bits per heavy atom. The summed E-state index contributed by atoms with van der Waals surface area (Å²) in [7, 11) is 0. The third kappa shape index (κ3) is 3.55. The number of carbonyl (C=O) groups excluding carboxylic acids is 1. The van der Waals surface area contributed by atoms with Gasteiger partial charge in [-0.25, -0.2) is 0 Å². The van der Waals surface area contributed by atoms with Crippen molar-refractivity contribution in [3.63, 3.8) is 0 Å². The van der Waals surface area contributed by atoms with Crippen LogP contribution in [-0.4, -0.2) is 43.0 Å². The molecule has 2 N–H and O–H groups in total. The second-order valence-corrected chi connectivity index (χ2v) is 5.01. The van der Waals surface area contributed by atoms with E-state index in [1.54, 1.807) is 0 Å². The molecule has 4 heteroatoms. The molecular formula is C15H23N3O. The van der Waals surface area contributed by atoms with Gasteiger partial charge in [0.05, 0.1) is 0 Å². The lowest BCUT2D eigenvalue weighted by molar-refractivity contribution is -0.127. The minimum Gasteiger partial charge on any atom is -0.355 e. The topological polar surface area (TPSA) is 44.4 Å². The number of hydrogen-bond acceptors (Lipinski definition) is 3. The molecule has 1 aliphatic heterocycles. The number of likely N-dealkylation sites (N-methyl/N-ethyl adjacent to an activating group) is 1. The van der Waals surface area contributed by atoms with Gasteiger partial charge in [-0.05, 0) is 25.0 Å². The Bertz CT molecular complexity index is 433. The van der Waals surface area contributed by atoms with E-state index in [0.29, 0.717) is 6.54 Å². The Morgan fingerprint density at radius 2 is 2.26 bits per heavy atom. The molecule has 1 fully saturated rings. The monoisotopic (exact) mass is 261 g/mol. The predicted molar refractivity (Wildman–Crippen MR) is 76.9 cm³/mol. The molecule has 1 atom stereocenters. The highest BCUT2D eigenvalue weighted by atomic mass is 16.2. The van der Waals surface area contributed by atoms with Crippen LogP contribution in [0.1, 0.15) is 18.1 Å². The zero-order chi connectivity index (χ0) is 13.7. The van der Waals surface area contributed by atoms with Crippen LogP contribution in [0.2, 0.25) is 0 Å². The molecule has 2 rings (SSSR count). The number of carbonyl (C=O) groups is 1. The van der Waals surface area contributed by atoms with E-state index in [9.17, 15) is 4.79 Å². The first-order chi connectivity index (χ1) is 9.22. The van der Waals surface area contributed by atoms with Crippen molar-refractivity contribution in [3.05, 3.63) is 35.4 Å². The number of benzene rings is 1. The van der Waals surface area contributed by atoms with E-state index in [1.807, 2.05) is 6.92 Å². The van der Waals surface area contributed by atoms with Gasteiger partial charge in [0.2, 0.25) is 5.91 Å². The van der Waals surface area contributed by atoms with Crippen LogP contribution in [0, 0.1) is 6.92 Å². The second kappa shape index (κ2) is 6.68. The van der Waals surface area contributed by atoms with E-state index in [1.165, 1.54) is 11.1 Å². The fourth-order valence-corrected chi connectivity index (χ4v) is 2.49. The lowest BCUT2D eigenvalue weighted by atomic mass is 10.1. The first kappa shape index (κ1) is 14.0. The van der Waals surface area contributed by atoms with Gasteiger partial charge in [-0.1, -0.05) is 24.3 Å². The summed E-state index contributed by atoms with van der Waals surface area (Å²) in [5.41, 5.74) is 2.59. The van der Waals surface area contributed by atoms with Gasteiger partial charge in [-0.15, -0.1) is 0 Å². The highest BCUT2D eigenvalue weighted by Gasteiger charge is 2.28. The molecule has 1 unspecified atom stereocenters. The van der Waals surface area contributed by atoms with Crippen molar-refractivity contribution < 1.29 is 4.79 Å². The molecule has 1 amide bonds. The summed E-state index contributed by atoms with van der Waals surface area (Å²) < 4.78 is 0. The quantitative estimate of drug-likeness (QED) is 0.846. The number of piperazine rings is 1. The minimum atomic E-state index is -0.0618. The smallest absolute Gasteiger partial charge is 0.238 e. The Labute approximate surface area is 115 Å². The van der Waals surface area contributed by atoms with Gasteiger partial charge in [0.25, 0.3) is 0 Å². The summed E-state index contributed by atoms with van der Waals surface area (Å²) in [6.07, 6.45) is 0. The molecule has 0 spiro atoms. The maximum absolute atomic E-state index is 12.1. The van der Waals surface area contributed by atoms with Crippen LogP contribution in [-0.2, 0) is 11.3 Å². The number of aryl methyl sites for hydroxylation is 1. The zero-order valence-electron chi connectivity index (χ0n) is 11.8. The zero-order valence-corrected chi connectivity index (χ0v) is 11.8. The predicted octanol–water partition coefficient (Wildman–Crippen LogP) is 0.905. The number of amides is 1. The van der Waals surface area contributed by atoms with Crippen LogP contribution in [0.3, 0.4) is 0 Å². The molecule has 1 aromatic carbocycles. The summed E-state index contributed by atoms with van der Waals surface area (Å²) in [5, 5.41) is 6.23. The summed E-state index contributed by atoms with van der Waals surface area (Å²) in [4.78, 5) is 14.4. The first-order valence-corrected chi connectivity index (χ1v) is 6.99. The van der Waals surface area contributed by atoms with Gasteiger partial charge >= 0.3 is 0 Å². The molecule has 0 radical (unpaired) electrons. The molecule has 1 aliphatic rings. The van der Waals surface area contributed by atoms with Crippen LogP contribution >= 0.6 is 0 Å². The van der Waals surface area contributed by atoms with Gasteiger partial charge < -0.3 is 10.6 Å². The van der Waals surface area contributed by atoms with Crippen LogP contribution in [0.5, 0.6) is 0 Å². The lowest BCUT2D eigenvalue weighted by Gasteiger charge is -2.35. The Hall–Kier alpha value is -1.39. The summed E-state index contributed by atoms with van der Waals surface area (Å²) in [5.74, 6) is 0.128. The van der Waals surface area contributed by atoms with Gasteiger partial charge in [0, 0.05) is 32.7 Å². The van der Waals surface area contributed by atoms with Gasteiger partial charge in [0.15, 0.2) is 0 Å². The minimum absolute atomic E-state index is 0.0618. The van der Waals surface area contributed by atoms with Crippen LogP contribution in [0.25, 0.3) is 0 Å². The van der Waals surface area contributed by atoms with Crippen molar-refractivity contribution in [2.75, 3.05) is 26.2 Å². The largest absolute Gasteiger partial charge is 0.355 e. The normalized spacial score (nSPS) is 20.2. The average Bonchev–Trinajstić information content (AvgIpc) is 2.42. The summed E-state index contributed by atoms with van der Waals surface area (Å²) in [6, 6.07) is 8.32. The second-order valence-electron chi connectivity index (χ2n) is 5.01. The molecule has 0 aliphatic carbocycles. The molecule has 4 nitrogen and oxygen atoms in total. The van der Waals surface area contributed by atoms with E-state index in [0.717, 1.165) is 26.2 Å². The molecule has 1 aromatic rings. The van der Waals surface area contributed by atoms with Gasteiger partial charge in [0.1, 0.15) is 6.04 Å². The van der Waals surface area contributed by atoms with E-state index < -0.39 is 0 Å². The maximum atomic E-state index is 12.1. The molecule has 0 aromatic heterocycles. The molecule has 104 valence electrons. The Kier molecular flexibility index (Phi) is 4.93. The third-order valence-corrected chi connectivity index (χ3v) is 3.64. The highest BCUT2D eigenvalue weighted by molar-refractivity contribution is 5.82. The van der Waals surface area contributed by atoms with Crippen molar-refractivity contribution >= 4 is 5.91 Å². The summed E-state index contributed by atoms with van der Waals surface area (Å²) >= 11 is 0. The number of rotatable bonds is 4. The van der Waals surface area contributed by atoms with E-state index in [2.05, 4.69) is 46.7 Å². The van der Waals surface area contributed by atoms with Crippen molar-refractivity contribution in [2.24, 2.45) is 0 Å². The molecule has 1 saturated heterocycles. The van der Waals surface area contributed by atoms with Crippen molar-refractivity contribution in [3.8, 4) is 0 Å². The van der Waals surface area contributed by atoms with E-state index in [-0.39, 0.29) is 11.9 Å². The van der Waals surface area contributed by atoms with Crippen molar-refractivity contribution in [1.29, 1.82) is 0 Å². The average molecular weight is 261 g/mol. The maximum Gasteiger partial charge on any atom is 0.238 e. The van der Waals surface area contributed by atoms with Gasteiger partial charge in [-0.3, -0.25) is 9.69 Å². The molecule has 0 bridgehead atoms. The number of hydrogen-bond donors (Lipinski definition) is 2. The fourth-order valence-electron chi connectivity index (χ4n) is 2.49. The standard InChI is InChI=1S/C15H23N3O/c1-3-17-15(19)14-10-16-8-9-18(14)11-13-7-5-4-6-12(13)2/h4-7,14,16H,3,8-11H2,1-2H3,(H,17,19). The Morgan fingerprint density at radius 1 is 1.47 bits per heavy atom. The SMILES string of the molecule is CCNC(=O)C1CNCCN1Cc1ccccc1C. The highest BCUT2D eigenvalue weighted by Crippen LogP contribution is 2.14. The summed E-state index contributed by atoms with van der Waals surface area (Å²) in [6.45, 7) is 8.21. The molecule has 19 heavy (non-hydrogen) atoms. The fraction of sp³-hybridized carbons (Fsp3) is 0.533. The lowest BCUT2D eigenvalue weighted by Crippen LogP contribution is -2.57. The van der Waals surface area contributed by atoms with Crippen molar-refractivity contribution in [2.45, 2.75) is 26.4 Å².